The van der Waals surface area contributed by atoms with E-state index in [-0.39, 0.29) is 11.3 Å². The Hall–Kier alpha value is -2.86. The SMILES string of the molecule is O=C(c1cn(-c2ccccc2)nc1C12CC3CC(CC(C3)C1)C2)N1CCN(Cc2ccco2)CC1. The Morgan fingerprint density at radius 2 is 1.60 bits per heavy atom. The van der Waals surface area contributed by atoms with Crippen LogP contribution in [0.25, 0.3) is 5.69 Å². The van der Waals surface area contributed by atoms with Crippen molar-refractivity contribution >= 4 is 5.91 Å². The fraction of sp³-hybridized carbons (Fsp3) is 0.517. The molecule has 5 fully saturated rings. The van der Waals surface area contributed by atoms with Crippen molar-refractivity contribution in [1.29, 1.82) is 0 Å². The third-order valence-electron chi connectivity index (χ3n) is 9.13. The quantitative estimate of drug-likeness (QED) is 0.533. The summed E-state index contributed by atoms with van der Waals surface area (Å²) in [5.41, 5.74) is 3.04. The fourth-order valence-corrected chi connectivity index (χ4v) is 7.94. The van der Waals surface area contributed by atoms with Gasteiger partial charge in [-0.1, -0.05) is 18.2 Å². The summed E-state index contributed by atoms with van der Waals surface area (Å²) < 4.78 is 7.49. The molecular formula is C29H34N4O2. The zero-order chi connectivity index (χ0) is 23.4. The van der Waals surface area contributed by atoms with Crippen LogP contribution in [0.5, 0.6) is 0 Å². The van der Waals surface area contributed by atoms with E-state index >= 15 is 0 Å². The average molecular weight is 471 g/mol. The lowest BCUT2D eigenvalue weighted by Crippen LogP contribution is -2.51. The van der Waals surface area contributed by atoms with E-state index in [9.17, 15) is 4.79 Å². The van der Waals surface area contributed by atoms with E-state index in [4.69, 9.17) is 9.52 Å². The highest BCUT2D eigenvalue weighted by atomic mass is 16.3. The lowest BCUT2D eigenvalue weighted by Gasteiger charge is -2.56. The molecule has 35 heavy (non-hydrogen) atoms. The molecule has 6 heteroatoms. The molecule has 1 amide bonds. The molecule has 0 atom stereocenters. The van der Waals surface area contributed by atoms with Crippen molar-refractivity contribution in [2.24, 2.45) is 17.8 Å². The summed E-state index contributed by atoms with van der Waals surface area (Å²) in [6.07, 6.45) is 11.6. The first-order valence-electron chi connectivity index (χ1n) is 13.3. The van der Waals surface area contributed by atoms with Crippen LogP contribution in [0.15, 0.2) is 59.3 Å². The normalized spacial score (nSPS) is 30.2. The van der Waals surface area contributed by atoms with Gasteiger partial charge in [0.25, 0.3) is 5.91 Å². The molecule has 4 saturated carbocycles. The van der Waals surface area contributed by atoms with Gasteiger partial charge in [-0.05, 0) is 80.5 Å². The Kier molecular flexibility index (Phi) is 5.12. The van der Waals surface area contributed by atoms with E-state index in [1.54, 1.807) is 6.26 Å². The minimum Gasteiger partial charge on any atom is -0.468 e. The number of piperazine rings is 1. The van der Waals surface area contributed by atoms with Gasteiger partial charge in [-0.3, -0.25) is 9.69 Å². The summed E-state index contributed by atoms with van der Waals surface area (Å²) in [5, 5.41) is 5.20. The fourth-order valence-electron chi connectivity index (χ4n) is 7.94. The number of benzene rings is 1. The van der Waals surface area contributed by atoms with E-state index in [1.807, 2.05) is 41.2 Å². The van der Waals surface area contributed by atoms with Gasteiger partial charge < -0.3 is 9.32 Å². The van der Waals surface area contributed by atoms with Crippen LogP contribution < -0.4 is 0 Å². The number of para-hydroxylation sites is 1. The molecule has 1 aliphatic heterocycles. The molecule has 0 unspecified atom stereocenters. The van der Waals surface area contributed by atoms with Gasteiger partial charge >= 0.3 is 0 Å². The van der Waals surface area contributed by atoms with Crippen LogP contribution in [-0.2, 0) is 12.0 Å². The molecule has 2 aromatic heterocycles. The maximum atomic E-state index is 14.0. The van der Waals surface area contributed by atoms with Crippen LogP contribution in [0.4, 0.5) is 0 Å². The van der Waals surface area contributed by atoms with Gasteiger partial charge in [-0.2, -0.15) is 5.10 Å². The van der Waals surface area contributed by atoms with E-state index in [0.29, 0.717) is 0 Å². The van der Waals surface area contributed by atoms with Crippen molar-refractivity contribution in [2.45, 2.75) is 50.5 Å². The zero-order valence-electron chi connectivity index (χ0n) is 20.3. The molecule has 0 radical (unpaired) electrons. The third kappa shape index (κ3) is 3.83. The minimum atomic E-state index is 0.0842. The molecule has 6 nitrogen and oxygen atoms in total. The molecule has 0 N–H and O–H groups in total. The lowest BCUT2D eigenvalue weighted by atomic mass is 9.48. The number of nitrogens with zero attached hydrogens (tertiary/aromatic N) is 4. The van der Waals surface area contributed by atoms with Gasteiger partial charge in [0.1, 0.15) is 5.76 Å². The minimum absolute atomic E-state index is 0.0842. The van der Waals surface area contributed by atoms with Crippen LogP contribution in [0.1, 0.15) is 60.3 Å². The van der Waals surface area contributed by atoms with Gasteiger partial charge in [0, 0.05) is 37.8 Å². The number of rotatable bonds is 5. The average Bonchev–Trinajstić information content (AvgIpc) is 3.55. The topological polar surface area (TPSA) is 54.5 Å². The van der Waals surface area contributed by atoms with Crippen molar-refractivity contribution in [3.8, 4) is 5.69 Å². The number of amides is 1. The summed E-state index contributed by atoms with van der Waals surface area (Å²) in [7, 11) is 0. The van der Waals surface area contributed by atoms with E-state index in [0.717, 1.165) is 73.2 Å². The predicted molar refractivity (Wildman–Crippen MR) is 133 cm³/mol. The van der Waals surface area contributed by atoms with E-state index in [1.165, 1.54) is 38.5 Å². The smallest absolute Gasteiger partial charge is 0.257 e. The molecule has 8 rings (SSSR count). The van der Waals surface area contributed by atoms with Crippen LogP contribution in [0, 0.1) is 17.8 Å². The summed E-state index contributed by atoms with van der Waals surface area (Å²) in [5.74, 6) is 3.59. The first-order chi connectivity index (χ1) is 17.1. The second-order valence-electron chi connectivity index (χ2n) is 11.5. The molecule has 5 aliphatic rings. The van der Waals surface area contributed by atoms with E-state index in [2.05, 4.69) is 21.9 Å². The van der Waals surface area contributed by atoms with Crippen LogP contribution in [0.2, 0.25) is 0 Å². The van der Waals surface area contributed by atoms with Gasteiger partial charge in [0.2, 0.25) is 0 Å². The molecular weight excluding hydrogens is 436 g/mol. The largest absolute Gasteiger partial charge is 0.468 e. The molecule has 1 aromatic carbocycles. The molecule has 4 bridgehead atoms. The molecule has 1 saturated heterocycles. The first kappa shape index (κ1) is 21.4. The number of hydrogen-bond acceptors (Lipinski definition) is 4. The molecule has 3 aromatic rings. The summed E-state index contributed by atoms with van der Waals surface area (Å²) in [6, 6.07) is 14.2. The second kappa shape index (κ2) is 8.37. The van der Waals surface area contributed by atoms with Gasteiger partial charge in [-0.15, -0.1) is 0 Å². The molecule has 182 valence electrons. The van der Waals surface area contributed by atoms with Gasteiger partial charge in [0.05, 0.1) is 29.8 Å². The number of carbonyl (C=O) groups excluding carboxylic acids is 1. The Bertz CT molecular complexity index is 1160. The molecule has 4 aliphatic carbocycles. The molecule has 0 spiro atoms. The number of carbonyl (C=O) groups is 1. The number of furan rings is 1. The number of hydrogen-bond donors (Lipinski definition) is 0. The Morgan fingerprint density at radius 3 is 2.23 bits per heavy atom. The highest BCUT2D eigenvalue weighted by molar-refractivity contribution is 5.95. The number of aromatic nitrogens is 2. The van der Waals surface area contributed by atoms with Crippen molar-refractivity contribution in [3.05, 3.63) is 71.9 Å². The van der Waals surface area contributed by atoms with Crippen LogP contribution >= 0.6 is 0 Å². The second-order valence-corrected chi connectivity index (χ2v) is 11.5. The maximum absolute atomic E-state index is 14.0. The van der Waals surface area contributed by atoms with Crippen LogP contribution in [-0.4, -0.2) is 51.7 Å². The van der Waals surface area contributed by atoms with Gasteiger partial charge in [-0.25, -0.2) is 4.68 Å². The Labute approximate surface area is 206 Å². The van der Waals surface area contributed by atoms with Crippen molar-refractivity contribution < 1.29 is 9.21 Å². The van der Waals surface area contributed by atoms with Crippen molar-refractivity contribution in [1.82, 2.24) is 19.6 Å². The highest BCUT2D eigenvalue weighted by Gasteiger charge is 2.54. The maximum Gasteiger partial charge on any atom is 0.257 e. The Morgan fingerprint density at radius 1 is 0.914 bits per heavy atom. The standard InChI is InChI=1S/C29H34N4O2/c34-28(32-10-8-31(9-11-32)19-25-7-4-12-35-25)26-20-33(24-5-2-1-3-6-24)30-27(26)29-16-21-13-22(17-29)15-23(14-21)18-29/h1-7,12,20-23H,8-11,13-19H2. The summed E-state index contributed by atoms with van der Waals surface area (Å²) >= 11 is 0. The zero-order valence-corrected chi connectivity index (χ0v) is 20.3. The van der Waals surface area contributed by atoms with Gasteiger partial charge in [0.15, 0.2) is 0 Å². The third-order valence-corrected chi connectivity index (χ3v) is 9.13. The van der Waals surface area contributed by atoms with Crippen LogP contribution in [0.3, 0.4) is 0 Å². The first-order valence-corrected chi connectivity index (χ1v) is 13.3. The summed E-state index contributed by atoms with van der Waals surface area (Å²) in [6.45, 7) is 4.03. The molecule has 3 heterocycles. The van der Waals surface area contributed by atoms with Crippen molar-refractivity contribution in [3.63, 3.8) is 0 Å². The van der Waals surface area contributed by atoms with E-state index < -0.39 is 0 Å². The predicted octanol–water partition coefficient (Wildman–Crippen LogP) is 4.89. The lowest BCUT2D eigenvalue weighted by molar-refractivity contribution is -0.00793. The highest BCUT2D eigenvalue weighted by Crippen LogP contribution is 2.61. The van der Waals surface area contributed by atoms with Crippen molar-refractivity contribution in [2.75, 3.05) is 26.2 Å². The Balaban J connectivity index is 1.18. The summed E-state index contributed by atoms with van der Waals surface area (Å²) in [4.78, 5) is 18.4. The monoisotopic (exact) mass is 470 g/mol.